The molecule has 2 aliphatic heterocycles. The van der Waals surface area contributed by atoms with Crippen molar-refractivity contribution >= 4 is 39.1 Å². The van der Waals surface area contributed by atoms with Gasteiger partial charge >= 0.3 is 21.1 Å². The van der Waals surface area contributed by atoms with Gasteiger partial charge in [0.15, 0.2) is 12.0 Å². The Bertz CT molecular complexity index is 1290. The predicted octanol–water partition coefficient (Wildman–Crippen LogP) is 2.05. The van der Waals surface area contributed by atoms with Gasteiger partial charge in [-0.15, -0.1) is 11.3 Å². The van der Waals surface area contributed by atoms with Gasteiger partial charge in [-0.25, -0.2) is 13.2 Å². The molecule has 204 valence electrons. The number of pyridine rings is 1. The minimum atomic E-state index is -4.26. The number of hydrogen-bond acceptors (Lipinski definition) is 8. The van der Waals surface area contributed by atoms with Gasteiger partial charge in [0.1, 0.15) is 17.8 Å². The lowest BCUT2D eigenvalue weighted by Gasteiger charge is -2.31. The van der Waals surface area contributed by atoms with Crippen LogP contribution < -0.4 is 14.8 Å². The van der Waals surface area contributed by atoms with Crippen LogP contribution in [0.15, 0.2) is 46.2 Å². The lowest BCUT2D eigenvalue weighted by molar-refractivity contribution is -0.646. The van der Waals surface area contributed by atoms with Gasteiger partial charge in [-0.3, -0.25) is 9.59 Å². The summed E-state index contributed by atoms with van der Waals surface area (Å²) in [5.74, 6) is -0.202. The number of fused-ring (bicyclic) bond motifs is 1. The lowest BCUT2D eigenvalue weighted by Crippen LogP contribution is -2.53. The summed E-state index contributed by atoms with van der Waals surface area (Å²) < 4.78 is 33.2. The van der Waals surface area contributed by atoms with E-state index in [1.807, 2.05) is 0 Å². The molecule has 0 radical (unpaired) electrons. The zero-order chi connectivity index (χ0) is 26.9. The first-order valence-corrected chi connectivity index (χ1v) is 15.2. The second-order valence-corrected chi connectivity index (χ2v) is 12.6. The maximum Gasteiger partial charge on any atom is 0.413 e. The molecule has 3 unspecified atom stereocenters. The second-order valence-electron chi connectivity index (χ2n) is 10.00. The van der Waals surface area contributed by atoms with Crippen LogP contribution in [0.25, 0.3) is 0 Å². The van der Waals surface area contributed by atoms with E-state index in [4.69, 9.17) is 4.74 Å². The van der Waals surface area contributed by atoms with Crippen molar-refractivity contribution in [2.75, 3.05) is 13.1 Å². The number of thiophene rings is 1. The molecular weight excluding hydrogens is 532 g/mol. The molecular formula is C25H30N4O7S2. The van der Waals surface area contributed by atoms with Crippen molar-refractivity contribution < 1.29 is 32.3 Å². The fourth-order valence-electron chi connectivity index (χ4n) is 5.84. The van der Waals surface area contributed by atoms with E-state index in [0.29, 0.717) is 12.2 Å². The average molecular weight is 563 g/mol. The van der Waals surface area contributed by atoms with Crippen molar-refractivity contribution in [1.82, 2.24) is 14.5 Å². The minimum Gasteiger partial charge on any atom is -0.618 e. The molecule has 2 amide bonds. The van der Waals surface area contributed by atoms with Crippen LogP contribution in [0.5, 0.6) is 5.75 Å². The third kappa shape index (κ3) is 5.27. The molecule has 2 aromatic rings. The monoisotopic (exact) mass is 562 g/mol. The molecule has 3 atom stereocenters. The largest absolute Gasteiger partial charge is 0.618 e. The van der Waals surface area contributed by atoms with E-state index in [1.165, 1.54) is 34.4 Å². The van der Waals surface area contributed by atoms with E-state index in [0.717, 1.165) is 42.6 Å². The molecule has 4 heterocycles. The molecule has 1 N–H and O–H groups in total. The molecule has 0 spiro atoms. The molecule has 1 aliphatic carbocycles. The Balaban J connectivity index is 1.35. The number of rotatable bonds is 7. The van der Waals surface area contributed by atoms with Gasteiger partial charge in [-0.2, -0.15) is 9.04 Å². The van der Waals surface area contributed by atoms with E-state index in [9.17, 15) is 28.0 Å². The molecule has 3 aliphatic rings. The summed E-state index contributed by atoms with van der Waals surface area (Å²) in [4.78, 5) is 41.0. The smallest absolute Gasteiger partial charge is 0.413 e. The van der Waals surface area contributed by atoms with Gasteiger partial charge < -0.3 is 20.2 Å². The van der Waals surface area contributed by atoms with Crippen LogP contribution >= 0.6 is 11.3 Å². The highest BCUT2D eigenvalue weighted by molar-refractivity contribution is 7.89. The Morgan fingerprint density at radius 3 is 2.68 bits per heavy atom. The molecule has 38 heavy (non-hydrogen) atoms. The number of nitrogens with one attached hydrogen (secondary N) is 1. The van der Waals surface area contributed by atoms with E-state index in [1.54, 1.807) is 16.8 Å². The van der Waals surface area contributed by atoms with Gasteiger partial charge in [-0.05, 0) is 36.3 Å². The van der Waals surface area contributed by atoms with Gasteiger partial charge in [-0.1, -0.05) is 32.1 Å². The molecule has 2 saturated heterocycles. The zero-order valence-electron chi connectivity index (χ0n) is 20.7. The number of likely N-dealkylation sites (tertiary alicyclic amines) is 1. The quantitative estimate of drug-likeness (QED) is 0.402. The highest BCUT2D eigenvalue weighted by Crippen LogP contribution is 2.35. The Labute approximate surface area is 225 Å². The number of carbonyl (C=O) groups excluding carboxylic acids is 3. The molecule has 1 saturated carbocycles. The third-order valence-electron chi connectivity index (χ3n) is 7.61. The fraction of sp³-hybridized carbons (Fsp3) is 0.520. The summed E-state index contributed by atoms with van der Waals surface area (Å²) >= 11 is 1.38. The van der Waals surface area contributed by atoms with Gasteiger partial charge in [0, 0.05) is 24.1 Å². The van der Waals surface area contributed by atoms with Crippen LogP contribution in [0, 0.1) is 11.1 Å². The standard InChI is InChI=1S/C25H30N4O7S2/c30-21-15-29(38(34,35)22-8-4-5-11-28(22)33)20-9-12-27(23(20)21)24(31)19(14-17-6-2-1-3-7-17)26-25(32)36-18-10-13-37-16-18/h4-5,8,10-11,13,16-17,19-20,23H,1-3,6-7,9,12,14-15H2,(H,26,32). The van der Waals surface area contributed by atoms with Crippen molar-refractivity contribution in [2.24, 2.45) is 5.92 Å². The number of Topliss-reactive ketones (excluding diaryl/α,β-unsaturated/α-hetero) is 1. The SMILES string of the molecule is O=C(NC(CC1CCCCC1)C(=O)N1CCC2C1C(=O)CN2S(=O)(=O)c1cccc[n+]1[O-])Oc1ccsc1. The van der Waals surface area contributed by atoms with Crippen molar-refractivity contribution in [2.45, 2.75) is 68.1 Å². The number of aromatic nitrogens is 1. The van der Waals surface area contributed by atoms with Crippen molar-refractivity contribution in [3.05, 3.63) is 46.4 Å². The third-order valence-corrected chi connectivity index (χ3v) is 10.1. The van der Waals surface area contributed by atoms with E-state index in [2.05, 4.69) is 5.32 Å². The summed E-state index contributed by atoms with van der Waals surface area (Å²) in [6.45, 7) is -0.252. The summed E-state index contributed by atoms with van der Waals surface area (Å²) in [5, 5.41) is 17.9. The number of carbonyl (C=O) groups is 3. The first-order chi connectivity index (χ1) is 18.3. The van der Waals surface area contributed by atoms with E-state index >= 15 is 0 Å². The number of ether oxygens (including phenoxy) is 1. The maximum absolute atomic E-state index is 13.8. The number of ketones is 1. The van der Waals surface area contributed by atoms with Crippen LogP contribution in [0.3, 0.4) is 0 Å². The summed E-state index contributed by atoms with van der Waals surface area (Å²) in [6, 6.07) is 3.06. The van der Waals surface area contributed by atoms with Crippen LogP contribution in [0.4, 0.5) is 4.79 Å². The molecule has 3 fully saturated rings. The molecule has 13 heteroatoms. The van der Waals surface area contributed by atoms with Crippen molar-refractivity contribution in [3.63, 3.8) is 0 Å². The fourth-order valence-corrected chi connectivity index (χ4v) is 8.05. The highest BCUT2D eigenvalue weighted by atomic mass is 32.2. The van der Waals surface area contributed by atoms with Gasteiger partial charge in [0.05, 0.1) is 12.6 Å². The molecule has 0 aromatic carbocycles. The summed E-state index contributed by atoms with van der Waals surface area (Å²) in [5.41, 5.74) is 0. The first-order valence-electron chi connectivity index (χ1n) is 12.8. The topological polar surface area (TPSA) is 140 Å². The number of sulfonamides is 1. The Morgan fingerprint density at radius 1 is 1.18 bits per heavy atom. The van der Waals surface area contributed by atoms with Crippen LogP contribution in [-0.4, -0.2) is 66.6 Å². The van der Waals surface area contributed by atoms with Crippen molar-refractivity contribution in [1.29, 1.82) is 0 Å². The predicted molar refractivity (Wildman–Crippen MR) is 137 cm³/mol. The number of amides is 2. The Morgan fingerprint density at radius 2 is 1.97 bits per heavy atom. The van der Waals surface area contributed by atoms with Gasteiger partial charge in [0.25, 0.3) is 0 Å². The number of nitrogens with zero attached hydrogens (tertiary/aromatic N) is 3. The van der Waals surface area contributed by atoms with Crippen LogP contribution in [0.1, 0.15) is 44.9 Å². The van der Waals surface area contributed by atoms with E-state index in [-0.39, 0.29) is 23.6 Å². The summed E-state index contributed by atoms with van der Waals surface area (Å²) in [7, 11) is -4.26. The molecule has 2 aromatic heterocycles. The molecule has 11 nitrogen and oxygen atoms in total. The second kappa shape index (κ2) is 11.0. The van der Waals surface area contributed by atoms with Crippen LogP contribution in [-0.2, 0) is 19.6 Å². The zero-order valence-corrected chi connectivity index (χ0v) is 22.4. The highest BCUT2D eigenvalue weighted by Gasteiger charge is 2.55. The number of hydrogen-bond donors (Lipinski definition) is 1. The average Bonchev–Trinajstić information content (AvgIpc) is 3.63. The molecule has 5 rings (SSSR count). The van der Waals surface area contributed by atoms with E-state index < -0.39 is 57.5 Å². The molecule has 0 bridgehead atoms. The maximum atomic E-state index is 13.8. The normalized spacial score (nSPS) is 23.3. The Kier molecular flexibility index (Phi) is 7.68. The minimum absolute atomic E-state index is 0.167. The summed E-state index contributed by atoms with van der Waals surface area (Å²) in [6.07, 6.45) is 6.17. The van der Waals surface area contributed by atoms with Gasteiger partial charge in [0.2, 0.25) is 5.91 Å². The first kappa shape index (κ1) is 26.6. The van der Waals surface area contributed by atoms with Crippen LogP contribution in [0.2, 0.25) is 0 Å². The van der Waals surface area contributed by atoms with Crippen molar-refractivity contribution in [3.8, 4) is 5.75 Å². The lowest BCUT2D eigenvalue weighted by atomic mass is 9.84. The Hall–Kier alpha value is -3.03.